The topological polar surface area (TPSA) is 77.1 Å². The Bertz CT molecular complexity index is 1580. The van der Waals surface area contributed by atoms with Gasteiger partial charge in [0.15, 0.2) is 22.9 Å². The van der Waals surface area contributed by atoms with E-state index in [-0.39, 0.29) is 28.7 Å². The van der Waals surface area contributed by atoms with Crippen LogP contribution < -0.4 is 5.32 Å². The molecule has 4 heterocycles. The summed E-state index contributed by atoms with van der Waals surface area (Å²) in [6.45, 7) is 0.230. The monoisotopic (exact) mass is 570 g/mol. The van der Waals surface area contributed by atoms with Crippen LogP contribution in [0.4, 0.5) is 19.0 Å². The van der Waals surface area contributed by atoms with E-state index in [4.69, 9.17) is 34.8 Å². The summed E-state index contributed by atoms with van der Waals surface area (Å²) in [4.78, 5) is 17.6. The van der Waals surface area contributed by atoms with Crippen LogP contribution in [-0.4, -0.2) is 30.3 Å². The Hall–Kier alpha value is -3.12. The number of thiophene rings is 1. The largest absolute Gasteiger partial charge is 0.433 e. The third kappa shape index (κ3) is 4.66. The summed E-state index contributed by atoms with van der Waals surface area (Å²) < 4.78 is 43.4. The van der Waals surface area contributed by atoms with E-state index in [0.29, 0.717) is 25.0 Å². The van der Waals surface area contributed by atoms with Gasteiger partial charge in [-0.05, 0) is 29.6 Å². The highest BCUT2D eigenvalue weighted by molar-refractivity contribution is 7.13. The van der Waals surface area contributed by atoms with E-state index in [1.54, 1.807) is 41.9 Å². The summed E-state index contributed by atoms with van der Waals surface area (Å²) in [5.74, 6) is -0.725. The summed E-state index contributed by atoms with van der Waals surface area (Å²) in [7, 11) is 0. The highest BCUT2D eigenvalue weighted by Crippen LogP contribution is 2.35. The molecule has 1 aromatic carbocycles. The molecule has 5 aromatic rings. The van der Waals surface area contributed by atoms with Crippen molar-refractivity contribution >= 4 is 63.5 Å². The molecule has 0 radical (unpaired) electrons. The van der Waals surface area contributed by atoms with E-state index in [1.165, 1.54) is 22.1 Å². The zero-order chi connectivity index (χ0) is 25.6. The van der Waals surface area contributed by atoms with Crippen LogP contribution in [0.2, 0.25) is 15.1 Å². The maximum absolute atomic E-state index is 13.8. The number of carbonyl (C=O) groups is 1. The van der Waals surface area contributed by atoms with E-state index in [0.717, 1.165) is 6.07 Å². The van der Waals surface area contributed by atoms with Gasteiger partial charge in [-0.2, -0.15) is 23.4 Å². The van der Waals surface area contributed by atoms with Gasteiger partial charge in [-0.3, -0.25) is 9.48 Å². The minimum Gasteiger partial charge on any atom is -0.304 e. The van der Waals surface area contributed by atoms with Crippen molar-refractivity contribution in [2.45, 2.75) is 12.7 Å². The fourth-order valence-electron chi connectivity index (χ4n) is 3.43. The van der Waals surface area contributed by atoms with Gasteiger partial charge < -0.3 is 5.32 Å². The molecule has 0 saturated carbocycles. The fourth-order valence-corrected chi connectivity index (χ4v) is 4.88. The second-order valence-electron chi connectivity index (χ2n) is 7.45. The lowest BCUT2D eigenvalue weighted by atomic mass is 10.2. The van der Waals surface area contributed by atoms with Crippen LogP contribution in [0.15, 0.2) is 54.0 Å². The number of carbonyl (C=O) groups excluding carboxylic acids is 1. The number of anilines is 1. The number of fused-ring (bicyclic) bond motifs is 1. The molecule has 0 atom stereocenters. The number of halogens is 6. The van der Waals surface area contributed by atoms with Gasteiger partial charge in [-0.1, -0.05) is 46.9 Å². The summed E-state index contributed by atoms with van der Waals surface area (Å²) in [6.07, 6.45) is -3.19. The van der Waals surface area contributed by atoms with Gasteiger partial charge in [0.25, 0.3) is 5.91 Å². The zero-order valence-corrected chi connectivity index (χ0v) is 20.8. The molecule has 0 aliphatic heterocycles. The minimum absolute atomic E-state index is 0.0653. The molecule has 0 bridgehead atoms. The molecule has 184 valence electrons. The molecule has 1 amide bonds. The van der Waals surface area contributed by atoms with Crippen molar-refractivity contribution in [3.63, 3.8) is 0 Å². The second-order valence-corrected chi connectivity index (χ2v) is 9.59. The molecule has 0 unspecified atom stereocenters. The van der Waals surface area contributed by atoms with Crippen LogP contribution in [0.3, 0.4) is 0 Å². The summed E-state index contributed by atoms with van der Waals surface area (Å²) in [6, 6.07) is 10.8. The van der Waals surface area contributed by atoms with Crippen LogP contribution in [0.5, 0.6) is 0 Å². The average Bonchev–Trinajstić information content (AvgIpc) is 3.56. The standard InChI is InChI=1S/C22H12Cl3F3N6OS/c23-12-3-1-4-13(24)11(12)10-33-7-6-17(31-33)30-21(35)19-18(25)20-29-14(15-5-2-8-36-15)9-16(22(26,27)28)34(20)32-19/h1-9H,10H2,(H,30,31,35). The lowest BCUT2D eigenvalue weighted by molar-refractivity contribution is -0.142. The second kappa shape index (κ2) is 9.40. The van der Waals surface area contributed by atoms with Crippen molar-refractivity contribution in [1.82, 2.24) is 24.4 Å². The SMILES string of the molecule is O=C(Nc1ccn(Cc2c(Cl)cccc2Cl)n1)c1nn2c(C(F)(F)F)cc(-c3cccs3)nc2c1Cl. The number of alkyl halides is 3. The molecule has 7 nitrogen and oxygen atoms in total. The molecule has 1 N–H and O–H groups in total. The van der Waals surface area contributed by atoms with Gasteiger partial charge in [0, 0.05) is 27.9 Å². The Morgan fingerprint density at radius 2 is 1.81 bits per heavy atom. The molecule has 14 heteroatoms. The molecular formula is C22H12Cl3F3N6OS. The van der Waals surface area contributed by atoms with E-state index in [9.17, 15) is 18.0 Å². The maximum atomic E-state index is 13.8. The third-order valence-corrected chi connectivity index (χ3v) is 7.02. The van der Waals surface area contributed by atoms with E-state index in [2.05, 4.69) is 20.5 Å². The molecule has 0 aliphatic rings. The van der Waals surface area contributed by atoms with Crippen molar-refractivity contribution in [2.75, 3.05) is 5.32 Å². The van der Waals surface area contributed by atoms with E-state index >= 15 is 0 Å². The lowest BCUT2D eigenvalue weighted by Crippen LogP contribution is -2.16. The molecule has 5 rings (SSSR count). The first kappa shape index (κ1) is 24.6. The van der Waals surface area contributed by atoms with Crippen LogP contribution in [0, 0.1) is 0 Å². The number of hydrogen-bond acceptors (Lipinski definition) is 5. The van der Waals surface area contributed by atoms with Gasteiger partial charge in [-0.15, -0.1) is 11.3 Å². The normalized spacial score (nSPS) is 11.8. The van der Waals surface area contributed by atoms with Crippen molar-refractivity contribution in [2.24, 2.45) is 0 Å². The van der Waals surface area contributed by atoms with Crippen molar-refractivity contribution in [3.05, 3.63) is 86.1 Å². The summed E-state index contributed by atoms with van der Waals surface area (Å²) >= 11 is 19.9. The Morgan fingerprint density at radius 3 is 2.47 bits per heavy atom. The first-order chi connectivity index (χ1) is 17.1. The Morgan fingerprint density at radius 1 is 1.06 bits per heavy atom. The van der Waals surface area contributed by atoms with Crippen LogP contribution in [-0.2, 0) is 12.7 Å². The number of benzene rings is 1. The number of nitrogens with zero attached hydrogens (tertiary/aromatic N) is 5. The van der Waals surface area contributed by atoms with E-state index in [1.807, 2.05) is 0 Å². The molecule has 0 fully saturated rings. The van der Waals surface area contributed by atoms with Crippen molar-refractivity contribution < 1.29 is 18.0 Å². The van der Waals surface area contributed by atoms with Gasteiger partial charge in [-0.25, -0.2) is 9.50 Å². The lowest BCUT2D eigenvalue weighted by Gasteiger charge is -2.10. The van der Waals surface area contributed by atoms with Crippen LogP contribution in [0.25, 0.3) is 16.2 Å². The highest BCUT2D eigenvalue weighted by Gasteiger charge is 2.37. The van der Waals surface area contributed by atoms with Gasteiger partial charge >= 0.3 is 6.18 Å². The predicted molar refractivity (Wildman–Crippen MR) is 132 cm³/mol. The molecule has 0 aliphatic carbocycles. The summed E-state index contributed by atoms with van der Waals surface area (Å²) in [5.41, 5.74) is -1.13. The van der Waals surface area contributed by atoms with Crippen molar-refractivity contribution in [1.29, 1.82) is 0 Å². The van der Waals surface area contributed by atoms with Gasteiger partial charge in [0.2, 0.25) is 0 Å². The predicted octanol–water partition coefficient (Wildman–Crippen LogP) is 6.93. The summed E-state index contributed by atoms with van der Waals surface area (Å²) in [5, 5.41) is 12.8. The number of nitrogens with one attached hydrogen (secondary N) is 1. The highest BCUT2D eigenvalue weighted by atomic mass is 35.5. The van der Waals surface area contributed by atoms with Gasteiger partial charge in [0.1, 0.15) is 5.02 Å². The Kier molecular flexibility index (Phi) is 6.41. The van der Waals surface area contributed by atoms with E-state index < -0.39 is 23.5 Å². The molecule has 0 saturated heterocycles. The number of rotatable bonds is 5. The molecular weight excluding hydrogens is 560 g/mol. The maximum Gasteiger partial charge on any atom is 0.433 e. The third-order valence-electron chi connectivity index (χ3n) is 5.08. The number of amides is 1. The first-order valence-corrected chi connectivity index (χ1v) is 12.1. The van der Waals surface area contributed by atoms with Crippen molar-refractivity contribution in [3.8, 4) is 10.6 Å². The number of aromatic nitrogens is 5. The zero-order valence-electron chi connectivity index (χ0n) is 17.7. The first-order valence-electron chi connectivity index (χ1n) is 10.1. The average molecular weight is 572 g/mol. The molecule has 0 spiro atoms. The molecule has 36 heavy (non-hydrogen) atoms. The minimum atomic E-state index is -4.77. The quantitative estimate of drug-likeness (QED) is 0.248. The van der Waals surface area contributed by atoms with Crippen LogP contribution >= 0.6 is 46.1 Å². The van der Waals surface area contributed by atoms with Gasteiger partial charge in [0.05, 0.1) is 17.1 Å². The smallest absolute Gasteiger partial charge is 0.304 e. The fraction of sp³-hybridized carbons (Fsp3) is 0.0909. The Balaban J connectivity index is 1.46. The molecule has 4 aromatic heterocycles. The van der Waals surface area contributed by atoms with Crippen LogP contribution in [0.1, 0.15) is 21.7 Å². The Labute approximate surface area is 220 Å². The number of hydrogen-bond donors (Lipinski definition) is 1.